The van der Waals surface area contributed by atoms with Gasteiger partial charge >= 0.3 is 0 Å². The Morgan fingerprint density at radius 3 is 1.60 bits per heavy atom. The van der Waals surface area contributed by atoms with Gasteiger partial charge in [0.25, 0.3) is 0 Å². The summed E-state index contributed by atoms with van der Waals surface area (Å²) < 4.78 is 0. The highest BCUT2D eigenvalue weighted by Gasteiger charge is 2.32. The maximum absolute atomic E-state index is 5.75. The summed E-state index contributed by atoms with van der Waals surface area (Å²) >= 11 is 0. The first-order chi connectivity index (χ1) is 7.42. The lowest BCUT2D eigenvalue weighted by molar-refractivity contribution is 0.154. The minimum absolute atomic E-state index is 0.622. The molecule has 0 heterocycles. The van der Waals surface area contributed by atoms with Crippen molar-refractivity contribution in [2.24, 2.45) is 17.7 Å². The molecule has 0 aromatic heterocycles. The molecule has 0 aromatic rings. The number of hydrogen-bond acceptors (Lipinski definition) is 2. The van der Waals surface area contributed by atoms with Gasteiger partial charge in [-0.25, -0.2) is 0 Å². The normalized spacial score (nSPS) is 27.8. The predicted octanol–water partition coefficient (Wildman–Crippen LogP) is 2.98. The average Bonchev–Trinajstić information content (AvgIpc) is 2.11. The van der Waals surface area contributed by atoms with Crippen molar-refractivity contribution in [1.82, 2.24) is 5.43 Å². The van der Waals surface area contributed by atoms with E-state index >= 15 is 0 Å². The van der Waals surface area contributed by atoms with Crippen molar-refractivity contribution in [2.75, 3.05) is 0 Å². The van der Waals surface area contributed by atoms with Crippen LogP contribution in [-0.4, -0.2) is 6.04 Å². The molecule has 3 N–H and O–H groups in total. The summed E-state index contributed by atoms with van der Waals surface area (Å²) in [5.74, 6) is 7.50. The first kappa shape index (κ1) is 11.4. The third kappa shape index (κ3) is 2.94. The van der Waals surface area contributed by atoms with Crippen molar-refractivity contribution in [3.8, 4) is 0 Å². The lowest BCUT2D eigenvalue weighted by atomic mass is 9.72. The number of hydrogen-bond donors (Lipinski definition) is 2. The highest BCUT2D eigenvalue weighted by Crippen LogP contribution is 2.36. The molecule has 2 nitrogen and oxygen atoms in total. The second-order valence-electron chi connectivity index (χ2n) is 5.49. The molecule has 88 valence electrons. The van der Waals surface area contributed by atoms with E-state index < -0.39 is 0 Å². The molecular formula is C13H26N2. The Morgan fingerprint density at radius 1 is 0.733 bits per heavy atom. The van der Waals surface area contributed by atoms with Crippen molar-refractivity contribution >= 4 is 0 Å². The molecule has 2 fully saturated rings. The van der Waals surface area contributed by atoms with Crippen LogP contribution in [0.4, 0.5) is 0 Å². The SMILES string of the molecule is NNC(C1CCCCCCC1)C1CCC1. The maximum Gasteiger partial charge on any atom is 0.0266 e. The Labute approximate surface area is 94.0 Å². The second kappa shape index (κ2) is 5.86. The fourth-order valence-corrected chi connectivity index (χ4v) is 3.30. The average molecular weight is 210 g/mol. The van der Waals surface area contributed by atoms with E-state index in [9.17, 15) is 0 Å². The molecule has 0 spiro atoms. The van der Waals surface area contributed by atoms with Crippen LogP contribution in [0.2, 0.25) is 0 Å². The molecular weight excluding hydrogens is 184 g/mol. The van der Waals surface area contributed by atoms with Gasteiger partial charge in [0.05, 0.1) is 0 Å². The number of rotatable bonds is 3. The molecule has 2 heteroatoms. The first-order valence-corrected chi connectivity index (χ1v) is 6.88. The van der Waals surface area contributed by atoms with E-state index in [1.54, 1.807) is 0 Å². The Hall–Kier alpha value is -0.0800. The third-order valence-corrected chi connectivity index (χ3v) is 4.51. The molecule has 0 saturated heterocycles. The van der Waals surface area contributed by atoms with E-state index in [2.05, 4.69) is 5.43 Å². The molecule has 0 aromatic carbocycles. The van der Waals surface area contributed by atoms with Crippen molar-refractivity contribution in [2.45, 2.75) is 70.3 Å². The number of hydrazine groups is 1. The van der Waals surface area contributed by atoms with E-state index in [-0.39, 0.29) is 0 Å². The van der Waals surface area contributed by atoms with Crippen LogP contribution in [0.5, 0.6) is 0 Å². The van der Waals surface area contributed by atoms with E-state index in [0.29, 0.717) is 6.04 Å². The summed E-state index contributed by atoms with van der Waals surface area (Å²) in [6.07, 6.45) is 14.3. The smallest absolute Gasteiger partial charge is 0.0266 e. The van der Waals surface area contributed by atoms with Gasteiger partial charge in [-0.15, -0.1) is 0 Å². The van der Waals surface area contributed by atoms with Gasteiger partial charge in [-0.2, -0.15) is 0 Å². The van der Waals surface area contributed by atoms with E-state index in [4.69, 9.17) is 5.84 Å². The Kier molecular flexibility index (Phi) is 4.45. The Balaban J connectivity index is 1.85. The quantitative estimate of drug-likeness (QED) is 0.555. The van der Waals surface area contributed by atoms with Crippen LogP contribution in [0.1, 0.15) is 64.2 Å². The van der Waals surface area contributed by atoms with Gasteiger partial charge in [0.15, 0.2) is 0 Å². The zero-order valence-electron chi connectivity index (χ0n) is 9.88. The van der Waals surface area contributed by atoms with Crippen LogP contribution < -0.4 is 11.3 Å². The van der Waals surface area contributed by atoms with Crippen LogP contribution in [-0.2, 0) is 0 Å². The highest BCUT2D eigenvalue weighted by molar-refractivity contribution is 4.86. The zero-order valence-corrected chi connectivity index (χ0v) is 9.88. The minimum atomic E-state index is 0.622. The van der Waals surface area contributed by atoms with Gasteiger partial charge in [-0.3, -0.25) is 11.3 Å². The second-order valence-corrected chi connectivity index (χ2v) is 5.49. The van der Waals surface area contributed by atoms with Gasteiger partial charge in [-0.05, 0) is 37.5 Å². The van der Waals surface area contributed by atoms with Crippen molar-refractivity contribution in [3.63, 3.8) is 0 Å². The van der Waals surface area contributed by atoms with Crippen molar-refractivity contribution in [1.29, 1.82) is 0 Å². The fraction of sp³-hybridized carbons (Fsp3) is 1.00. The summed E-state index contributed by atoms with van der Waals surface area (Å²) in [7, 11) is 0. The Bertz CT molecular complexity index is 169. The molecule has 1 atom stereocenters. The maximum atomic E-state index is 5.75. The summed E-state index contributed by atoms with van der Waals surface area (Å²) in [5.41, 5.74) is 3.12. The lowest BCUT2D eigenvalue weighted by Crippen LogP contribution is -2.48. The summed E-state index contributed by atoms with van der Waals surface area (Å²) in [4.78, 5) is 0. The van der Waals surface area contributed by atoms with Crippen LogP contribution in [0.25, 0.3) is 0 Å². The van der Waals surface area contributed by atoms with E-state index in [0.717, 1.165) is 11.8 Å². The molecule has 0 amide bonds. The van der Waals surface area contributed by atoms with Gasteiger partial charge in [0, 0.05) is 6.04 Å². The number of nitrogens with two attached hydrogens (primary N) is 1. The molecule has 1 unspecified atom stereocenters. The largest absolute Gasteiger partial charge is 0.271 e. The minimum Gasteiger partial charge on any atom is -0.271 e. The van der Waals surface area contributed by atoms with Gasteiger partial charge in [-0.1, -0.05) is 38.5 Å². The number of nitrogens with one attached hydrogen (secondary N) is 1. The van der Waals surface area contributed by atoms with Gasteiger partial charge in [0.2, 0.25) is 0 Å². The highest BCUT2D eigenvalue weighted by atomic mass is 15.2. The van der Waals surface area contributed by atoms with Gasteiger partial charge in [0.1, 0.15) is 0 Å². The van der Waals surface area contributed by atoms with Crippen LogP contribution in [0, 0.1) is 11.8 Å². The molecule has 2 aliphatic carbocycles. The fourth-order valence-electron chi connectivity index (χ4n) is 3.30. The zero-order chi connectivity index (χ0) is 10.5. The van der Waals surface area contributed by atoms with Crippen LogP contribution in [0.3, 0.4) is 0 Å². The summed E-state index contributed by atoms with van der Waals surface area (Å²) in [6, 6.07) is 0.622. The summed E-state index contributed by atoms with van der Waals surface area (Å²) in [5, 5.41) is 0. The molecule has 15 heavy (non-hydrogen) atoms. The van der Waals surface area contributed by atoms with E-state index in [1.807, 2.05) is 0 Å². The third-order valence-electron chi connectivity index (χ3n) is 4.51. The van der Waals surface area contributed by atoms with Crippen molar-refractivity contribution in [3.05, 3.63) is 0 Å². The molecule has 2 rings (SSSR count). The summed E-state index contributed by atoms with van der Waals surface area (Å²) in [6.45, 7) is 0. The van der Waals surface area contributed by atoms with E-state index in [1.165, 1.54) is 64.2 Å². The topological polar surface area (TPSA) is 38.0 Å². The van der Waals surface area contributed by atoms with Crippen LogP contribution >= 0.6 is 0 Å². The molecule has 2 saturated carbocycles. The monoisotopic (exact) mass is 210 g/mol. The lowest BCUT2D eigenvalue weighted by Gasteiger charge is -2.39. The van der Waals surface area contributed by atoms with Crippen molar-refractivity contribution < 1.29 is 0 Å². The molecule has 0 aliphatic heterocycles. The first-order valence-electron chi connectivity index (χ1n) is 6.88. The predicted molar refractivity (Wildman–Crippen MR) is 64.3 cm³/mol. The molecule has 0 radical (unpaired) electrons. The standard InChI is InChI=1S/C13H26N2/c14-15-13(12-9-6-10-12)11-7-4-2-1-3-5-8-11/h11-13,15H,1-10,14H2. The Morgan fingerprint density at radius 2 is 1.20 bits per heavy atom. The molecule has 2 aliphatic rings. The van der Waals surface area contributed by atoms with Gasteiger partial charge < -0.3 is 0 Å². The van der Waals surface area contributed by atoms with Crippen LogP contribution in [0.15, 0.2) is 0 Å². The molecule has 0 bridgehead atoms.